The zero-order valence-electron chi connectivity index (χ0n) is 19.2. The van der Waals surface area contributed by atoms with Crippen LogP contribution in [-0.4, -0.2) is 23.8 Å². The molecule has 0 aromatic heterocycles. The fourth-order valence-corrected chi connectivity index (χ4v) is 4.22. The molecule has 3 aromatic rings. The number of aliphatic carboxylic acids is 1. The van der Waals surface area contributed by atoms with E-state index in [1.54, 1.807) is 0 Å². The maximum absolute atomic E-state index is 13.6. The minimum Gasteiger partial charge on any atom is -0.481 e. The minimum absolute atomic E-state index is 0.0230. The molecule has 3 aromatic carbocycles. The van der Waals surface area contributed by atoms with Crippen molar-refractivity contribution < 1.29 is 36.2 Å². The van der Waals surface area contributed by atoms with Crippen molar-refractivity contribution in [3.05, 3.63) is 87.4 Å². The molecule has 0 aliphatic carbocycles. The van der Waals surface area contributed by atoms with Gasteiger partial charge in [-0.25, -0.2) is 0 Å². The highest BCUT2D eigenvalue weighted by Crippen LogP contribution is 2.39. The third kappa shape index (κ3) is 7.32. The fourth-order valence-electron chi connectivity index (χ4n) is 3.91. The lowest BCUT2D eigenvalue weighted by Crippen LogP contribution is -2.30. The quantitative estimate of drug-likeness (QED) is 0.269. The van der Waals surface area contributed by atoms with E-state index < -0.39 is 42.1 Å². The van der Waals surface area contributed by atoms with Gasteiger partial charge in [0, 0.05) is 17.5 Å². The van der Waals surface area contributed by atoms with Crippen LogP contribution in [0.4, 0.5) is 32.0 Å². The van der Waals surface area contributed by atoms with E-state index in [1.165, 1.54) is 42.5 Å². The number of anilines is 1. The summed E-state index contributed by atoms with van der Waals surface area (Å²) < 4.78 is 80.9. The summed E-state index contributed by atoms with van der Waals surface area (Å²) in [4.78, 5) is 11.3. The molecule has 3 nitrogen and oxygen atoms in total. The number of nitrogens with one attached hydrogen (secondary N) is 1. The number of alkyl halides is 6. The van der Waals surface area contributed by atoms with Crippen LogP contribution in [0.3, 0.4) is 0 Å². The molecule has 3 rings (SSSR count). The van der Waals surface area contributed by atoms with E-state index in [-0.39, 0.29) is 33.9 Å². The van der Waals surface area contributed by atoms with Crippen LogP contribution in [0.5, 0.6) is 0 Å². The van der Waals surface area contributed by atoms with Gasteiger partial charge in [-0.3, -0.25) is 4.79 Å². The molecule has 37 heavy (non-hydrogen) atoms. The Balaban J connectivity index is 1.99. The van der Waals surface area contributed by atoms with Crippen LogP contribution in [-0.2, 0) is 17.4 Å². The minimum atomic E-state index is -4.66. The van der Waals surface area contributed by atoms with Crippen molar-refractivity contribution in [1.82, 2.24) is 0 Å². The Kier molecular flexibility index (Phi) is 8.70. The van der Waals surface area contributed by atoms with Crippen LogP contribution in [0.1, 0.15) is 29.5 Å². The Bertz CT molecular complexity index is 1260. The molecule has 0 aliphatic heterocycles. The van der Waals surface area contributed by atoms with E-state index in [9.17, 15) is 36.2 Å². The van der Waals surface area contributed by atoms with Gasteiger partial charge in [-0.15, -0.1) is 0 Å². The third-order valence-corrected chi connectivity index (χ3v) is 6.57. The van der Waals surface area contributed by atoms with Gasteiger partial charge in [-0.05, 0) is 58.7 Å². The smallest absolute Gasteiger partial charge is 0.416 e. The molecular weight excluding hydrogens is 543 g/mol. The van der Waals surface area contributed by atoms with Gasteiger partial charge in [0.25, 0.3) is 0 Å². The van der Waals surface area contributed by atoms with Crippen molar-refractivity contribution in [2.45, 2.75) is 31.6 Å². The van der Waals surface area contributed by atoms with Crippen molar-refractivity contribution in [3.8, 4) is 11.1 Å². The standard InChI is InChI=1S/C26H21Cl2F6NO2/c1-14(25(29,30)31)21(15-3-7-19(27)8-4-15)13-35-23-10-16(5-9-22(23)28)20-12-18(26(32,33)34)6-2-17(20)11-24(36)37/h2-10,12,14,21,35H,11,13H2,1H3,(H,36,37)/t14-,21+/m1/s1. The van der Waals surface area contributed by atoms with E-state index in [1.807, 2.05) is 0 Å². The molecule has 0 amide bonds. The van der Waals surface area contributed by atoms with E-state index in [0.717, 1.165) is 25.1 Å². The second-order valence-electron chi connectivity index (χ2n) is 8.50. The van der Waals surface area contributed by atoms with Crippen LogP contribution in [0.2, 0.25) is 10.0 Å². The Labute approximate surface area is 219 Å². The first-order chi connectivity index (χ1) is 17.2. The molecule has 2 atom stereocenters. The normalized spacial score (nSPS) is 13.8. The van der Waals surface area contributed by atoms with Gasteiger partial charge in [-0.2, -0.15) is 26.3 Å². The van der Waals surface area contributed by atoms with Crippen LogP contribution >= 0.6 is 23.2 Å². The molecule has 0 aliphatic rings. The summed E-state index contributed by atoms with van der Waals surface area (Å²) in [5.74, 6) is -4.01. The highest BCUT2D eigenvalue weighted by atomic mass is 35.5. The van der Waals surface area contributed by atoms with Crippen LogP contribution in [0, 0.1) is 5.92 Å². The number of hydrogen-bond acceptors (Lipinski definition) is 2. The highest BCUT2D eigenvalue weighted by Gasteiger charge is 2.41. The first-order valence-corrected chi connectivity index (χ1v) is 11.7. The van der Waals surface area contributed by atoms with Crippen LogP contribution in [0.15, 0.2) is 60.7 Å². The number of benzene rings is 3. The third-order valence-electron chi connectivity index (χ3n) is 5.99. The Morgan fingerprint density at radius 2 is 1.59 bits per heavy atom. The van der Waals surface area contributed by atoms with E-state index in [4.69, 9.17) is 23.2 Å². The lowest BCUT2D eigenvalue weighted by atomic mass is 9.86. The van der Waals surface area contributed by atoms with Crippen LogP contribution < -0.4 is 5.32 Å². The molecule has 198 valence electrons. The van der Waals surface area contributed by atoms with E-state index in [2.05, 4.69) is 5.32 Å². The van der Waals surface area contributed by atoms with Crippen molar-refractivity contribution >= 4 is 34.9 Å². The maximum atomic E-state index is 13.6. The summed E-state index contributed by atoms with van der Waals surface area (Å²) in [7, 11) is 0. The average Bonchev–Trinajstić information content (AvgIpc) is 2.80. The number of halogens is 8. The highest BCUT2D eigenvalue weighted by molar-refractivity contribution is 6.33. The van der Waals surface area contributed by atoms with E-state index >= 15 is 0 Å². The van der Waals surface area contributed by atoms with Gasteiger partial charge in [0.2, 0.25) is 0 Å². The van der Waals surface area contributed by atoms with Gasteiger partial charge in [0.1, 0.15) is 0 Å². The maximum Gasteiger partial charge on any atom is 0.416 e. The molecule has 0 unspecified atom stereocenters. The first-order valence-electron chi connectivity index (χ1n) is 10.9. The monoisotopic (exact) mass is 563 g/mol. The van der Waals surface area contributed by atoms with Crippen molar-refractivity contribution in [2.75, 3.05) is 11.9 Å². The number of rotatable bonds is 8. The molecule has 0 heterocycles. The molecule has 0 spiro atoms. The Morgan fingerprint density at radius 1 is 0.946 bits per heavy atom. The van der Waals surface area contributed by atoms with Crippen molar-refractivity contribution in [1.29, 1.82) is 0 Å². The van der Waals surface area contributed by atoms with Crippen molar-refractivity contribution in [3.63, 3.8) is 0 Å². The summed E-state index contributed by atoms with van der Waals surface area (Å²) in [6.07, 6.45) is -9.69. The Morgan fingerprint density at radius 3 is 2.16 bits per heavy atom. The summed E-state index contributed by atoms with van der Waals surface area (Å²) in [6.45, 7) is 0.857. The Hall–Kier alpha value is -2.91. The van der Waals surface area contributed by atoms with E-state index in [0.29, 0.717) is 10.6 Å². The molecule has 0 saturated heterocycles. The fraction of sp³-hybridized carbons (Fsp3) is 0.269. The van der Waals surface area contributed by atoms with Gasteiger partial charge < -0.3 is 10.4 Å². The molecule has 11 heteroatoms. The largest absolute Gasteiger partial charge is 0.481 e. The predicted molar refractivity (Wildman–Crippen MR) is 131 cm³/mol. The molecule has 0 saturated carbocycles. The molecule has 0 bridgehead atoms. The molecule has 0 fully saturated rings. The molecule has 2 N–H and O–H groups in total. The topological polar surface area (TPSA) is 49.3 Å². The van der Waals surface area contributed by atoms with Gasteiger partial charge in [0.15, 0.2) is 0 Å². The van der Waals surface area contributed by atoms with Crippen LogP contribution in [0.25, 0.3) is 11.1 Å². The number of carboxylic acids is 1. The second kappa shape index (κ2) is 11.2. The number of hydrogen-bond donors (Lipinski definition) is 2. The lowest BCUT2D eigenvalue weighted by Gasteiger charge is -2.27. The van der Waals surface area contributed by atoms with Crippen molar-refractivity contribution in [2.24, 2.45) is 5.92 Å². The first kappa shape index (κ1) is 28.7. The molecule has 0 radical (unpaired) electrons. The van der Waals surface area contributed by atoms with Gasteiger partial charge in [0.05, 0.1) is 28.6 Å². The zero-order valence-corrected chi connectivity index (χ0v) is 20.7. The zero-order chi connectivity index (χ0) is 27.5. The number of carbonyl (C=O) groups is 1. The summed E-state index contributed by atoms with van der Waals surface area (Å²) >= 11 is 12.1. The average molecular weight is 564 g/mol. The van der Waals surface area contributed by atoms with Gasteiger partial charge >= 0.3 is 18.3 Å². The summed E-state index contributed by atoms with van der Waals surface area (Å²) in [5, 5.41) is 12.6. The summed E-state index contributed by atoms with van der Waals surface area (Å²) in [5.41, 5.74) is -0.0146. The second-order valence-corrected chi connectivity index (χ2v) is 9.35. The van der Waals surface area contributed by atoms with Gasteiger partial charge in [-0.1, -0.05) is 54.4 Å². The SMILES string of the molecule is C[C@H]([C@H](CNc1cc(-c2cc(C(F)(F)F)ccc2CC(=O)O)ccc1Cl)c1ccc(Cl)cc1)C(F)(F)F. The summed E-state index contributed by atoms with van der Waals surface area (Å²) in [6, 6.07) is 12.9. The predicted octanol–water partition coefficient (Wildman–Crippen LogP) is 8.70. The number of carboxylic acid groups (broad SMARTS) is 1. The molecular formula is C26H21Cl2F6NO2. The lowest BCUT2D eigenvalue weighted by molar-refractivity contribution is -0.174.